The lowest BCUT2D eigenvalue weighted by Crippen LogP contribution is -1.99. The molecule has 2 heteroatoms. The molecule has 0 fully saturated rings. The summed E-state index contributed by atoms with van der Waals surface area (Å²) in [7, 11) is 1.93. The molecule has 0 bridgehead atoms. The Balaban J connectivity index is 2.14. The van der Waals surface area contributed by atoms with E-state index in [1.54, 1.807) is 0 Å². The summed E-state index contributed by atoms with van der Waals surface area (Å²) in [6.45, 7) is 0. The number of carbonyl (C=O) groups is 1. The van der Waals surface area contributed by atoms with Gasteiger partial charge in [0.25, 0.3) is 0 Å². The van der Waals surface area contributed by atoms with Crippen LogP contribution < -0.4 is 5.32 Å². The quantitative estimate of drug-likeness (QED) is 0.811. The maximum absolute atomic E-state index is 10.9. The van der Waals surface area contributed by atoms with Crippen LogP contribution in [0.4, 0.5) is 5.69 Å². The van der Waals surface area contributed by atoms with Crippen molar-refractivity contribution in [3.8, 4) is 0 Å². The van der Waals surface area contributed by atoms with Crippen LogP contribution in [-0.4, -0.2) is 13.3 Å². The third-order valence-electron chi connectivity index (χ3n) is 3.13. The molecule has 0 aliphatic rings. The Morgan fingerprint density at radius 3 is 2.28 bits per heavy atom. The number of hydrogen-bond acceptors (Lipinski definition) is 2. The number of aryl methyl sites for hydroxylation is 2. The van der Waals surface area contributed by atoms with E-state index in [2.05, 4.69) is 17.4 Å². The molecule has 0 aliphatic heterocycles. The Morgan fingerprint density at radius 1 is 0.944 bits per heavy atom. The van der Waals surface area contributed by atoms with Crippen LogP contribution in [0.2, 0.25) is 0 Å². The summed E-state index contributed by atoms with van der Waals surface area (Å²) >= 11 is 0. The number of carbonyl (C=O) groups excluding carboxylic acids is 1. The SMILES string of the molecule is CNc1ccccc1CCc1ccccc1C=O. The second-order valence-electron chi connectivity index (χ2n) is 4.22. The van der Waals surface area contributed by atoms with Crippen molar-refractivity contribution in [1.82, 2.24) is 0 Å². The van der Waals surface area contributed by atoms with Gasteiger partial charge in [-0.25, -0.2) is 0 Å². The van der Waals surface area contributed by atoms with Crippen molar-refractivity contribution in [1.29, 1.82) is 0 Å². The molecule has 0 heterocycles. The summed E-state index contributed by atoms with van der Waals surface area (Å²) in [5.41, 5.74) is 4.33. The average Bonchev–Trinajstić information content (AvgIpc) is 2.45. The van der Waals surface area contributed by atoms with Gasteiger partial charge in [-0.3, -0.25) is 4.79 Å². The van der Waals surface area contributed by atoms with Crippen LogP contribution >= 0.6 is 0 Å². The maximum Gasteiger partial charge on any atom is 0.150 e. The molecule has 0 aromatic heterocycles. The minimum absolute atomic E-state index is 0.791. The van der Waals surface area contributed by atoms with Gasteiger partial charge in [0.1, 0.15) is 6.29 Å². The van der Waals surface area contributed by atoms with Gasteiger partial charge in [0, 0.05) is 18.3 Å². The molecule has 2 aromatic rings. The number of anilines is 1. The lowest BCUT2D eigenvalue weighted by Gasteiger charge is -2.09. The average molecular weight is 239 g/mol. The van der Waals surface area contributed by atoms with Crippen molar-refractivity contribution in [2.75, 3.05) is 12.4 Å². The molecule has 0 unspecified atom stereocenters. The summed E-state index contributed by atoms with van der Waals surface area (Å²) in [5.74, 6) is 0. The van der Waals surface area contributed by atoms with Gasteiger partial charge in [0.2, 0.25) is 0 Å². The van der Waals surface area contributed by atoms with Gasteiger partial charge in [0.15, 0.2) is 0 Å². The van der Waals surface area contributed by atoms with E-state index in [-0.39, 0.29) is 0 Å². The highest BCUT2D eigenvalue weighted by atomic mass is 16.1. The molecule has 0 radical (unpaired) electrons. The largest absolute Gasteiger partial charge is 0.388 e. The summed E-state index contributed by atoms with van der Waals surface area (Å²) in [5, 5.41) is 3.19. The predicted octanol–water partition coefficient (Wildman–Crippen LogP) is 3.33. The monoisotopic (exact) mass is 239 g/mol. The topological polar surface area (TPSA) is 29.1 Å². The second kappa shape index (κ2) is 6.01. The fraction of sp³-hybridized carbons (Fsp3) is 0.188. The summed E-state index contributed by atoms with van der Waals surface area (Å²) in [6.07, 6.45) is 2.74. The van der Waals surface area contributed by atoms with Crippen molar-refractivity contribution in [2.24, 2.45) is 0 Å². The fourth-order valence-electron chi connectivity index (χ4n) is 2.13. The first-order chi connectivity index (χ1) is 8.85. The Bertz CT molecular complexity index is 534. The predicted molar refractivity (Wildman–Crippen MR) is 75.2 cm³/mol. The summed E-state index contributed by atoms with van der Waals surface area (Å²) in [4.78, 5) is 10.9. The molecular weight excluding hydrogens is 222 g/mol. The zero-order valence-corrected chi connectivity index (χ0v) is 10.5. The molecule has 92 valence electrons. The Labute approximate surface area is 108 Å². The van der Waals surface area contributed by atoms with Crippen LogP contribution in [0.15, 0.2) is 48.5 Å². The molecule has 2 rings (SSSR count). The Kier molecular flexibility index (Phi) is 4.13. The molecule has 0 saturated carbocycles. The minimum Gasteiger partial charge on any atom is -0.388 e. The lowest BCUT2D eigenvalue weighted by atomic mass is 9.99. The zero-order valence-electron chi connectivity index (χ0n) is 10.5. The third-order valence-corrected chi connectivity index (χ3v) is 3.13. The number of benzene rings is 2. The van der Waals surface area contributed by atoms with Gasteiger partial charge in [-0.05, 0) is 30.0 Å². The standard InChI is InChI=1S/C16H17NO/c1-17-16-9-5-4-7-14(16)11-10-13-6-2-3-8-15(13)12-18/h2-9,12,17H,10-11H2,1H3. The summed E-state index contributed by atoms with van der Waals surface area (Å²) < 4.78 is 0. The molecule has 18 heavy (non-hydrogen) atoms. The summed E-state index contributed by atoms with van der Waals surface area (Å²) in [6, 6.07) is 16.0. The van der Waals surface area contributed by atoms with Crippen molar-refractivity contribution < 1.29 is 4.79 Å². The first-order valence-corrected chi connectivity index (χ1v) is 6.14. The molecule has 0 saturated heterocycles. The number of para-hydroxylation sites is 1. The number of aldehydes is 1. The van der Waals surface area contributed by atoms with Gasteiger partial charge in [0.05, 0.1) is 0 Å². The minimum atomic E-state index is 0.791. The van der Waals surface area contributed by atoms with Crippen LogP contribution in [0.1, 0.15) is 21.5 Å². The van der Waals surface area contributed by atoms with Gasteiger partial charge >= 0.3 is 0 Å². The first-order valence-electron chi connectivity index (χ1n) is 6.14. The van der Waals surface area contributed by atoms with E-state index in [4.69, 9.17) is 0 Å². The van der Waals surface area contributed by atoms with Crippen molar-refractivity contribution in [2.45, 2.75) is 12.8 Å². The molecule has 2 aromatic carbocycles. The van der Waals surface area contributed by atoms with Gasteiger partial charge < -0.3 is 5.32 Å². The van der Waals surface area contributed by atoms with Gasteiger partial charge in [-0.15, -0.1) is 0 Å². The first kappa shape index (κ1) is 12.4. The van der Waals surface area contributed by atoms with Crippen molar-refractivity contribution in [3.63, 3.8) is 0 Å². The highest BCUT2D eigenvalue weighted by Crippen LogP contribution is 2.17. The van der Waals surface area contributed by atoms with Gasteiger partial charge in [-0.1, -0.05) is 42.5 Å². The van der Waals surface area contributed by atoms with Crippen molar-refractivity contribution >= 4 is 12.0 Å². The smallest absolute Gasteiger partial charge is 0.150 e. The van der Waals surface area contributed by atoms with E-state index in [9.17, 15) is 4.79 Å². The molecule has 1 N–H and O–H groups in total. The molecular formula is C16H17NO. The maximum atomic E-state index is 10.9. The highest BCUT2D eigenvalue weighted by Gasteiger charge is 2.03. The van der Waals surface area contributed by atoms with E-state index < -0.39 is 0 Å². The molecule has 0 spiro atoms. The highest BCUT2D eigenvalue weighted by molar-refractivity contribution is 5.77. The van der Waals surface area contributed by atoms with Gasteiger partial charge in [-0.2, -0.15) is 0 Å². The zero-order chi connectivity index (χ0) is 12.8. The fourth-order valence-corrected chi connectivity index (χ4v) is 2.13. The van der Waals surface area contributed by atoms with Crippen LogP contribution in [0.3, 0.4) is 0 Å². The number of nitrogens with one attached hydrogen (secondary N) is 1. The lowest BCUT2D eigenvalue weighted by molar-refractivity contribution is 0.112. The van der Waals surface area contributed by atoms with E-state index >= 15 is 0 Å². The Hall–Kier alpha value is -2.09. The van der Waals surface area contributed by atoms with Crippen LogP contribution in [0.25, 0.3) is 0 Å². The molecule has 0 aliphatic carbocycles. The van der Waals surface area contributed by atoms with E-state index in [1.807, 2.05) is 43.4 Å². The number of hydrogen-bond donors (Lipinski definition) is 1. The van der Waals surface area contributed by atoms with Crippen LogP contribution in [0.5, 0.6) is 0 Å². The van der Waals surface area contributed by atoms with Crippen molar-refractivity contribution in [3.05, 3.63) is 65.2 Å². The normalized spacial score (nSPS) is 10.1. The molecule has 0 amide bonds. The van der Waals surface area contributed by atoms with E-state index in [0.29, 0.717) is 0 Å². The van der Waals surface area contributed by atoms with Crippen LogP contribution in [-0.2, 0) is 12.8 Å². The van der Waals surface area contributed by atoms with E-state index in [1.165, 1.54) is 5.56 Å². The van der Waals surface area contributed by atoms with E-state index in [0.717, 1.165) is 35.9 Å². The Morgan fingerprint density at radius 2 is 1.56 bits per heavy atom. The molecule has 2 nitrogen and oxygen atoms in total. The number of rotatable bonds is 5. The molecule has 0 atom stereocenters. The second-order valence-corrected chi connectivity index (χ2v) is 4.22. The van der Waals surface area contributed by atoms with Crippen LogP contribution in [0, 0.1) is 0 Å². The third kappa shape index (κ3) is 2.77.